The van der Waals surface area contributed by atoms with Crippen molar-refractivity contribution in [2.24, 2.45) is 0 Å². The third kappa shape index (κ3) is 5.01. The molecule has 1 atom stereocenters. The number of hydrogen-bond acceptors (Lipinski definition) is 6. The van der Waals surface area contributed by atoms with Gasteiger partial charge in [-0.2, -0.15) is 4.98 Å². The van der Waals surface area contributed by atoms with Crippen LogP contribution >= 0.6 is 11.6 Å². The summed E-state index contributed by atoms with van der Waals surface area (Å²) >= 11 is 5.80. The number of carbonyl (C=O) groups excluding carboxylic acids is 2. The summed E-state index contributed by atoms with van der Waals surface area (Å²) in [5.74, 6) is 0.00109. The van der Waals surface area contributed by atoms with Gasteiger partial charge in [-0.1, -0.05) is 47.1 Å². The van der Waals surface area contributed by atoms with Gasteiger partial charge in [0.1, 0.15) is 0 Å². The molecule has 2 aromatic carbocycles. The number of Topliss-reactive ketones (excluding diaryl/α,β-unsaturated/α-hetero) is 1. The SMILES string of the molecule is CC(OC(=O)CCc1nc(-c2ccccc2)no1)C(=O)c1ccc(Cl)cc1. The average Bonchev–Trinajstić information content (AvgIpc) is 3.16. The zero-order chi connectivity index (χ0) is 19.2. The van der Waals surface area contributed by atoms with Gasteiger partial charge in [0, 0.05) is 22.6 Å². The van der Waals surface area contributed by atoms with Crippen molar-refractivity contribution in [2.75, 3.05) is 0 Å². The molecule has 0 aliphatic carbocycles. The van der Waals surface area contributed by atoms with E-state index in [4.69, 9.17) is 20.9 Å². The van der Waals surface area contributed by atoms with E-state index in [9.17, 15) is 9.59 Å². The predicted molar refractivity (Wildman–Crippen MR) is 99.4 cm³/mol. The van der Waals surface area contributed by atoms with Gasteiger partial charge in [0.25, 0.3) is 0 Å². The van der Waals surface area contributed by atoms with E-state index in [1.54, 1.807) is 24.3 Å². The number of aryl methyl sites for hydroxylation is 1. The lowest BCUT2D eigenvalue weighted by Gasteiger charge is -2.12. The van der Waals surface area contributed by atoms with Gasteiger partial charge in [-0.3, -0.25) is 9.59 Å². The third-order valence-corrected chi connectivity index (χ3v) is 4.10. The smallest absolute Gasteiger partial charge is 0.307 e. The highest BCUT2D eigenvalue weighted by Gasteiger charge is 2.20. The lowest BCUT2D eigenvalue weighted by Crippen LogP contribution is -2.24. The fourth-order valence-corrected chi connectivity index (χ4v) is 2.55. The second-order valence-corrected chi connectivity index (χ2v) is 6.32. The van der Waals surface area contributed by atoms with Crippen molar-refractivity contribution in [1.82, 2.24) is 10.1 Å². The Labute approximate surface area is 161 Å². The van der Waals surface area contributed by atoms with Crippen LogP contribution in [-0.2, 0) is 16.0 Å². The first-order valence-electron chi connectivity index (χ1n) is 8.40. The summed E-state index contributed by atoms with van der Waals surface area (Å²) in [6, 6.07) is 15.8. The molecule has 138 valence electrons. The van der Waals surface area contributed by atoms with Crippen molar-refractivity contribution in [3.8, 4) is 11.4 Å². The predicted octanol–water partition coefficient (Wildman–Crippen LogP) is 4.14. The molecular formula is C20H17ClN2O4. The second kappa shape index (κ2) is 8.60. The van der Waals surface area contributed by atoms with Crippen molar-refractivity contribution in [2.45, 2.75) is 25.9 Å². The summed E-state index contributed by atoms with van der Waals surface area (Å²) < 4.78 is 10.4. The third-order valence-electron chi connectivity index (χ3n) is 3.85. The Morgan fingerprint density at radius 3 is 2.52 bits per heavy atom. The maximum absolute atomic E-state index is 12.3. The first kappa shape index (κ1) is 18.8. The van der Waals surface area contributed by atoms with Crippen LogP contribution < -0.4 is 0 Å². The van der Waals surface area contributed by atoms with Crippen LogP contribution in [0.25, 0.3) is 11.4 Å². The van der Waals surface area contributed by atoms with Crippen LogP contribution in [0.1, 0.15) is 29.6 Å². The first-order chi connectivity index (χ1) is 13.0. The molecule has 0 radical (unpaired) electrons. The van der Waals surface area contributed by atoms with E-state index in [0.29, 0.717) is 22.3 Å². The van der Waals surface area contributed by atoms with Crippen LogP contribution in [-0.4, -0.2) is 28.0 Å². The molecule has 0 aliphatic heterocycles. The Hall–Kier alpha value is -2.99. The molecule has 1 unspecified atom stereocenters. The van der Waals surface area contributed by atoms with Crippen LogP contribution in [0.3, 0.4) is 0 Å². The molecule has 0 saturated heterocycles. The highest BCUT2D eigenvalue weighted by Crippen LogP contribution is 2.16. The number of esters is 1. The van der Waals surface area contributed by atoms with E-state index in [-0.39, 0.29) is 18.6 Å². The summed E-state index contributed by atoms with van der Waals surface area (Å²) in [6.45, 7) is 1.54. The summed E-state index contributed by atoms with van der Waals surface area (Å²) in [5, 5.41) is 4.43. The molecular weight excluding hydrogens is 368 g/mol. The molecule has 1 heterocycles. The minimum absolute atomic E-state index is 0.0364. The quantitative estimate of drug-likeness (QED) is 0.449. The fourth-order valence-electron chi connectivity index (χ4n) is 2.43. The Kier molecular flexibility index (Phi) is 5.98. The summed E-state index contributed by atoms with van der Waals surface area (Å²) in [7, 11) is 0. The summed E-state index contributed by atoms with van der Waals surface area (Å²) in [6.07, 6.45) is -0.615. The number of halogens is 1. The molecule has 3 rings (SSSR count). The minimum Gasteiger partial charge on any atom is -0.454 e. The maximum Gasteiger partial charge on any atom is 0.307 e. The van der Waals surface area contributed by atoms with Gasteiger partial charge < -0.3 is 9.26 Å². The van der Waals surface area contributed by atoms with E-state index < -0.39 is 12.1 Å². The van der Waals surface area contributed by atoms with Crippen molar-refractivity contribution < 1.29 is 18.8 Å². The summed E-state index contributed by atoms with van der Waals surface area (Å²) in [5.41, 5.74) is 1.27. The normalized spacial score (nSPS) is 11.8. The first-order valence-corrected chi connectivity index (χ1v) is 8.78. The van der Waals surface area contributed by atoms with Crippen molar-refractivity contribution in [3.05, 3.63) is 71.1 Å². The molecule has 6 nitrogen and oxygen atoms in total. The maximum atomic E-state index is 12.3. The summed E-state index contributed by atoms with van der Waals surface area (Å²) in [4.78, 5) is 28.5. The van der Waals surface area contributed by atoms with Gasteiger partial charge in [0.05, 0.1) is 6.42 Å². The van der Waals surface area contributed by atoms with E-state index >= 15 is 0 Å². The molecule has 7 heteroatoms. The second-order valence-electron chi connectivity index (χ2n) is 5.88. The van der Waals surface area contributed by atoms with Gasteiger partial charge >= 0.3 is 5.97 Å². The molecule has 0 saturated carbocycles. The lowest BCUT2D eigenvalue weighted by molar-refractivity contribution is -0.146. The van der Waals surface area contributed by atoms with Gasteiger partial charge in [-0.15, -0.1) is 0 Å². The highest BCUT2D eigenvalue weighted by molar-refractivity contribution is 6.30. The van der Waals surface area contributed by atoms with Gasteiger partial charge in [-0.05, 0) is 31.2 Å². The van der Waals surface area contributed by atoms with E-state index in [1.807, 2.05) is 30.3 Å². The van der Waals surface area contributed by atoms with Crippen LogP contribution in [0.5, 0.6) is 0 Å². The number of rotatable bonds is 7. The van der Waals surface area contributed by atoms with Crippen molar-refractivity contribution in [1.29, 1.82) is 0 Å². The number of aromatic nitrogens is 2. The highest BCUT2D eigenvalue weighted by atomic mass is 35.5. The van der Waals surface area contributed by atoms with Crippen LogP contribution in [0, 0.1) is 0 Å². The molecule has 27 heavy (non-hydrogen) atoms. The number of ether oxygens (including phenoxy) is 1. The van der Waals surface area contributed by atoms with E-state index in [1.165, 1.54) is 6.92 Å². The number of nitrogens with zero attached hydrogens (tertiary/aromatic N) is 2. The standard InChI is InChI=1S/C20H17ClN2O4/c1-13(19(25)14-7-9-16(21)10-8-14)26-18(24)12-11-17-22-20(23-27-17)15-5-3-2-4-6-15/h2-10,13H,11-12H2,1H3. The van der Waals surface area contributed by atoms with Crippen molar-refractivity contribution in [3.63, 3.8) is 0 Å². The molecule has 0 aliphatic rings. The zero-order valence-electron chi connectivity index (χ0n) is 14.6. The van der Waals surface area contributed by atoms with E-state index in [2.05, 4.69) is 10.1 Å². The van der Waals surface area contributed by atoms with Gasteiger partial charge in [0.15, 0.2) is 6.10 Å². The molecule has 0 fully saturated rings. The van der Waals surface area contributed by atoms with Crippen LogP contribution in [0.4, 0.5) is 0 Å². The fraction of sp³-hybridized carbons (Fsp3) is 0.200. The molecule has 0 N–H and O–H groups in total. The Morgan fingerprint density at radius 2 is 1.81 bits per heavy atom. The Bertz CT molecular complexity index is 923. The monoisotopic (exact) mass is 384 g/mol. The van der Waals surface area contributed by atoms with Gasteiger partial charge in [-0.25, -0.2) is 0 Å². The molecule has 0 spiro atoms. The lowest BCUT2D eigenvalue weighted by atomic mass is 10.1. The molecule has 1 aromatic heterocycles. The zero-order valence-corrected chi connectivity index (χ0v) is 15.3. The number of hydrogen-bond donors (Lipinski definition) is 0. The molecule has 0 bridgehead atoms. The minimum atomic E-state index is -0.888. The average molecular weight is 385 g/mol. The molecule has 0 amide bonds. The molecule has 3 aromatic rings. The number of carbonyl (C=O) groups is 2. The Balaban J connectivity index is 1.51. The number of ketones is 1. The topological polar surface area (TPSA) is 82.3 Å². The van der Waals surface area contributed by atoms with Gasteiger partial charge in [0.2, 0.25) is 17.5 Å². The number of benzene rings is 2. The van der Waals surface area contributed by atoms with Crippen LogP contribution in [0.15, 0.2) is 59.1 Å². The largest absolute Gasteiger partial charge is 0.454 e. The van der Waals surface area contributed by atoms with E-state index in [0.717, 1.165) is 5.56 Å². The Morgan fingerprint density at radius 1 is 1.11 bits per heavy atom. The van der Waals surface area contributed by atoms with Crippen LogP contribution in [0.2, 0.25) is 5.02 Å². The van der Waals surface area contributed by atoms with Crippen molar-refractivity contribution >= 4 is 23.4 Å².